The van der Waals surface area contributed by atoms with Crippen molar-refractivity contribution in [1.29, 1.82) is 0 Å². The summed E-state index contributed by atoms with van der Waals surface area (Å²) in [5.74, 6) is -0.00360. The number of halogens is 4. The van der Waals surface area contributed by atoms with Crippen LogP contribution in [0.2, 0.25) is 0 Å². The van der Waals surface area contributed by atoms with E-state index in [2.05, 4.69) is 9.98 Å². The first-order chi connectivity index (χ1) is 11.0. The van der Waals surface area contributed by atoms with Crippen LogP contribution < -0.4 is 10.5 Å². The molecule has 0 bridgehead atoms. The van der Waals surface area contributed by atoms with Crippen molar-refractivity contribution < 1.29 is 17.9 Å². The Balaban J connectivity index is 0.00000288. The fourth-order valence-electron chi connectivity index (χ4n) is 2.42. The lowest BCUT2D eigenvalue weighted by Gasteiger charge is -2.21. The van der Waals surface area contributed by atoms with Gasteiger partial charge in [0, 0.05) is 19.3 Å². The van der Waals surface area contributed by atoms with Crippen LogP contribution in [0.1, 0.15) is 31.2 Å². The molecule has 0 amide bonds. The first-order valence-corrected chi connectivity index (χ1v) is 7.68. The van der Waals surface area contributed by atoms with Gasteiger partial charge < -0.3 is 15.4 Å². The number of aliphatic imine (C=N–C) groups is 1. The van der Waals surface area contributed by atoms with E-state index < -0.39 is 17.6 Å². The lowest BCUT2D eigenvalue weighted by atomic mass is 10.2. The largest absolute Gasteiger partial charge is 0.475 e. The number of hydrogen-bond donors (Lipinski definition) is 1. The van der Waals surface area contributed by atoms with Crippen molar-refractivity contribution in [3.05, 3.63) is 23.9 Å². The van der Waals surface area contributed by atoms with Crippen LogP contribution in [0, 0.1) is 0 Å². The quantitative estimate of drug-likeness (QED) is 0.326. The molecule has 1 aliphatic rings. The molecule has 1 aromatic heterocycles. The molecule has 9 heteroatoms. The van der Waals surface area contributed by atoms with Crippen molar-refractivity contribution in [3.8, 4) is 5.88 Å². The summed E-state index contributed by atoms with van der Waals surface area (Å²) >= 11 is 0. The Labute approximate surface area is 156 Å². The van der Waals surface area contributed by atoms with E-state index in [0.717, 1.165) is 32.0 Å². The molecule has 0 atom stereocenters. The summed E-state index contributed by atoms with van der Waals surface area (Å²) < 4.78 is 43.5. The lowest BCUT2D eigenvalue weighted by Crippen LogP contribution is -2.38. The van der Waals surface area contributed by atoms with Gasteiger partial charge in [-0.2, -0.15) is 13.2 Å². The van der Waals surface area contributed by atoms with Gasteiger partial charge in [-0.25, -0.2) is 9.98 Å². The van der Waals surface area contributed by atoms with Gasteiger partial charge in [0.1, 0.15) is 12.2 Å². The second-order valence-corrected chi connectivity index (χ2v) is 5.34. The van der Waals surface area contributed by atoms with Crippen molar-refractivity contribution in [2.24, 2.45) is 10.7 Å². The van der Waals surface area contributed by atoms with Crippen LogP contribution in [0.4, 0.5) is 13.2 Å². The first-order valence-electron chi connectivity index (χ1n) is 7.68. The summed E-state index contributed by atoms with van der Waals surface area (Å²) in [4.78, 5) is 9.82. The van der Waals surface area contributed by atoms with E-state index in [1.54, 1.807) is 0 Å². The zero-order valence-corrected chi connectivity index (χ0v) is 15.6. The first kappa shape index (κ1) is 20.8. The van der Waals surface area contributed by atoms with Gasteiger partial charge in [0.25, 0.3) is 0 Å². The van der Waals surface area contributed by atoms with E-state index in [0.29, 0.717) is 5.96 Å². The summed E-state index contributed by atoms with van der Waals surface area (Å²) in [6, 6.07) is 2.17. The molecular formula is C15H22F3IN4O. The summed E-state index contributed by atoms with van der Waals surface area (Å²) in [5, 5.41) is 0. The summed E-state index contributed by atoms with van der Waals surface area (Å²) in [6.07, 6.45) is 1.31. The minimum absolute atomic E-state index is 0. The molecule has 0 aromatic carbocycles. The van der Waals surface area contributed by atoms with Crippen molar-refractivity contribution in [2.75, 3.05) is 26.2 Å². The monoisotopic (exact) mass is 458 g/mol. The number of rotatable bonds is 4. The smallest absolute Gasteiger partial charge is 0.421 e. The molecule has 24 heavy (non-hydrogen) atoms. The molecule has 0 aliphatic carbocycles. The molecule has 0 radical (unpaired) electrons. The number of nitrogens with zero attached hydrogens (tertiary/aromatic N) is 3. The van der Waals surface area contributed by atoms with Gasteiger partial charge in [0.2, 0.25) is 5.88 Å². The van der Waals surface area contributed by atoms with Crippen molar-refractivity contribution in [3.63, 3.8) is 0 Å². The third kappa shape index (κ3) is 6.33. The summed E-state index contributed by atoms with van der Waals surface area (Å²) in [5.41, 5.74) is 5.04. The third-order valence-corrected chi connectivity index (χ3v) is 3.61. The SMILES string of the molecule is I.NC(=NCCOc1ncccc1C(F)(F)F)N1CCCCCC1. The maximum Gasteiger partial charge on any atom is 0.421 e. The van der Waals surface area contributed by atoms with Crippen molar-refractivity contribution in [1.82, 2.24) is 9.88 Å². The molecule has 1 saturated heterocycles. The minimum atomic E-state index is -4.49. The fraction of sp³-hybridized carbons (Fsp3) is 0.600. The predicted molar refractivity (Wildman–Crippen MR) is 96.7 cm³/mol. The van der Waals surface area contributed by atoms with Crippen LogP contribution in [0.15, 0.2) is 23.3 Å². The normalized spacial score (nSPS) is 16.3. The van der Waals surface area contributed by atoms with Crippen LogP contribution in [0.25, 0.3) is 0 Å². The van der Waals surface area contributed by atoms with Crippen LogP contribution in [0.5, 0.6) is 5.88 Å². The molecule has 1 aromatic rings. The fourth-order valence-corrected chi connectivity index (χ4v) is 2.42. The summed E-state index contributed by atoms with van der Waals surface area (Å²) in [6.45, 7) is 1.92. The highest BCUT2D eigenvalue weighted by atomic mass is 127. The second kappa shape index (κ2) is 9.90. The number of pyridine rings is 1. The average Bonchev–Trinajstić information content (AvgIpc) is 2.80. The maximum absolute atomic E-state index is 12.8. The van der Waals surface area contributed by atoms with Gasteiger partial charge in [-0.3, -0.25) is 0 Å². The Morgan fingerprint density at radius 2 is 1.92 bits per heavy atom. The number of nitrogens with two attached hydrogens (primary N) is 1. The third-order valence-electron chi connectivity index (χ3n) is 3.61. The van der Waals surface area contributed by atoms with E-state index in [9.17, 15) is 13.2 Å². The van der Waals surface area contributed by atoms with E-state index in [1.807, 2.05) is 4.90 Å². The number of alkyl halides is 3. The number of aromatic nitrogens is 1. The highest BCUT2D eigenvalue weighted by molar-refractivity contribution is 14.0. The zero-order valence-electron chi connectivity index (χ0n) is 13.3. The maximum atomic E-state index is 12.8. The van der Waals surface area contributed by atoms with Gasteiger partial charge in [0.15, 0.2) is 5.96 Å². The molecule has 136 valence electrons. The molecule has 5 nitrogen and oxygen atoms in total. The number of guanidine groups is 1. The van der Waals surface area contributed by atoms with Crippen LogP contribution >= 0.6 is 24.0 Å². The highest BCUT2D eigenvalue weighted by Crippen LogP contribution is 2.34. The average molecular weight is 458 g/mol. The highest BCUT2D eigenvalue weighted by Gasteiger charge is 2.34. The van der Waals surface area contributed by atoms with Crippen LogP contribution in [0.3, 0.4) is 0 Å². The van der Waals surface area contributed by atoms with E-state index >= 15 is 0 Å². The Hall–Kier alpha value is -1.26. The van der Waals surface area contributed by atoms with Crippen molar-refractivity contribution >= 4 is 29.9 Å². The second-order valence-electron chi connectivity index (χ2n) is 5.34. The molecule has 1 aliphatic heterocycles. The Bertz CT molecular complexity index is 532. The molecule has 0 saturated carbocycles. The number of ether oxygens (including phenoxy) is 1. The molecule has 2 heterocycles. The Morgan fingerprint density at radius 3 is 2.54 bits per heavy atom. The number of likely N-dealkylation sites (tertiary alicyclic amines) is 1. The Morgan fingerprint density at radius 1 is 1.25 bits per heavy atom. The topological polar surface area (TPSA) is 63.7 Å². The molecule has 2 N–H and O–H groups in total. The van der Waals surface area contributed by atoms with Crippen molar-refractivity contribution in [2.45, 2.75) is 31.9 Å². The van der Waals surface area contributed by atoms with Crippen LogP contribution in [-0.2, 0) is 6.18 Å². The molecule has 2 rings (SSSR count). The van der Waals surface area contributed by atoms with Gasteiger partial charge in [-0.1, -0.05) is 12.8 Å². The molecule has 0 spiro atoms. The molecule has 0 unspecified atom stereocenters. The van der Waals surface area contributed by atoms with Gasteiger partial charge in [-0.05, 0) is 25.0 Å². The van der Waals surface area contributed by atoms with Gasteiger partial charge in [0.05, 0.1) is 6.54 Å². The molecule has 1 fully saturated rings. The molecular weight excluding hydrogens is 436 g/mol. The van der Waals surface area contributed by atoms with Gasteiger partial charge in [-0.15, -0.1) is 24.0 Å². The lowest BCUT2D eigenvalue weighted by molar-refractivity contribution is -0.139. The Kier molecular flexibility index (Phi) is 8.57. The number of hydrogen-bond acceptors (Lipinski definition) is 3. The minimum Gasteiger partial charge on any atom is -0.475 e. The van der Waals surface area contributed by atoms with Crippen LogP contribution in [-0.4, -0.2) is 42.1 Å². The van der Waals surface area contributed by atoms with Gasteiger partial charge >= 0.3 is 6.18 Å². The van der Waals surface area contributed by atoms with E-state index in [1.165, 1.54) is 25.1 Å². The predicted octanol–water partition coefficient (Wildman–Crippen LogP) is 3.29. The zero-order chi connectivity index (χ0) is 16.7. The standard InChI is InChI=1S/C15H21F3N4O.HI/c16-15(17,18)12-6-5-7-20-13(12)23-11-8-21-14(19)22-9-3-1-2-4-10-22;/h5-7H,1-4,8-11H2,(H2,19,21);1H. The van der Waals surface area contributed by atoms with E-state index in [4.69, 9.17) is 10.5 Å². The van der Waals surface area contributed by atoms with E-state index in [-0.39, 0.29) is 37.1 Å². The summed E-state index contributed by atoms with van der Waals surface area (Å²) in [7, 11) is 0.